The van der Waals surface area contributed by atoms with Crippen LogP contribution < -0.4 is 10.6 Å². The first-order chi connectivity index (χ1) is 9.02. The molecule has 1 aromatic carbocycles. The molecule has 1 atom stereocenters. The third-order valence-electron chi connectivity index (χ3n) is 2.56. The highest BCUT2D eigenvalue weighted by molar-refractivity contribution is 5.82. The number of aliphatic hydroxyl groups is 1. The van der Waals surface area contributed by atoms with E-state index in [2.05, 4.69) is 10.6 Å². The molecular weight excluding hydrogens is 248 g/mol. The molecular formula is C13H18N2O4. The number of aryl methyl sites for hydroxylation is 1. The molecule has 0 saturated heterocycles. The molecule has 0 unspecified atom stereocenters. The van der Waals surface area contributed by atoms with Gasteiger partial charge in [-0.2, -0.15) is 0 Å². The first-order valence-corrected chi connectivity index (χ1v) is 5.96. The number of carbonyl (C=O) groups is 2. The van der Waals surface area contributed by atoms with Crippen LogP contribution >= 0.6 is 0 Å². The third kappa shape index (κ3) is 5.39. The van der Waals surface area contributed by atoms with E-state index in [1.807, 2.05) is 31.2 Å². The molecule has 0 aliphatic heterocycles. The van der Waals surface area contributed by atoms with Gasteiger partial charge in [-0.15, -0.1) is 0 Å². The highest BCUT2D eigenvalue weighted by Gasteiger charge is 2.18. The maximum absolute atomic E-state index is 11.5. The molecule has 6 heteroatoms. The van der Waals surface area contributed by atoms with E-state index < -0.39 is 18.0 Å². The number of hydrogen-bond acceptors (Lipinski definition) is 3. The summed E-state index contributed by atoms with van der Waals surface area (Å²) in [7, 11) is 0. The van der Waals surface area contributed by atoms with Gasteiger partial charge in [0, 0.05) is 19.6 Å². The fraction of sp³-hybridized carbons (Fsp3) is 0.385. The van der Waals surface area contributed by atoms with Gasteiger partial charge in [-0.1, -0.05) is 29.8 Å². The normalized spacial score (nSPS) is 11.7. The number of amides is 2. The van der Waals surface area contributed by atoms with Crippen LogP contribution in [0.2, 0.25) is 0 Å². The van der Waals surface area contributed by atoms with E-state index in [0.29, 0.717) is 6.54 Å². The standard InChI is InChI=1S/C13H18N2O4/c1-9-3-2-4-10(7-9)8-14-13(19)15-11(5-6-16)12(17)18/h2-4,7,11,16H,5-6,8H2,1H3,(H,17,18)(H2,14,15,19)/t11-/m1/s1. The molecule has 0 radical (unpaired) electrons. The monoisotopic (exact) mass is 266 g/mol. The van der Waals surface area contributed by atoms with Gasteiger partial charge < -0.3 is 20.8 Å². The minimum atomic E-state index is -1.17. The summed E-state index contributed by atoms with van der Waals surface area (Å²) in [6, 6.07) is 5.99. The number of carboxylic acids is 1. The molecule has 1 rings (SSSR count). The molecule has 0 saturated carbocycles. The van der Waals surface area contributed by atoms with Crippen molar-refractivity contribution in [3.8, 4) is 0 Å². The van der Waals surface area contributed by atoms with Gasteiger partial charge in [0.1, 0.15) is 6.04 Å². The topological polar surface area (TPSA) is 98.7 Å². The lowest BCUT2D eigenvalue weighted by atomic mass is 10.1. The number of aliphatic hydroxyl groups excluding tert-OH is 1. The van der Waals surface area contributed by atoms with Gasteiger partial charge in [0.05, 0.1) is 0 Å². The predicted molar refractivity (Wildman–Crippen MR) is 69.7 cm³/mol. The number of aliphatic carboxylic acids is 1. The molecule has 0 fully saturated rings. The summed E-state index contributed by atoms with van der Waals surface area (Å²) >= 11 is 0. The van der Waals surface area contributed by atoms with E-state index in [9.17, 15) is 9.59 Å². The van der Waals surface area contributed by atoms with Crippen molar-refractivity contribution in [2.45, 2.75) is 25.9 Å². The molecule has 0 heterocycles. The van der Waals surface area contributed by atoms with Crippen LogP contribution in [0, 0.1) is 6.92 Å². The summed E-state index contributed by atoms with van der Waals surface area (Å²) in [5.74, 6) is -1.17. The first-order valence-electron chi connectivity index (χ1n) is 5.96. The fourth-order valence-corrected chi connectivity index (χ4v) is 1.60. The molecule has 0 aliphatic carbocycles. The summed E-state index contributed by atoms with van der Waals surface area (Å²) in [6.45, 7) is 1.97. The Balaban J connectivity index is 2.44. The number of hydrogen-bond donors (Lipinski definition) is 4. The van der Waals surface area contributed by atoms with E-state index in [-0.39, 0.29) is 13.0 Å². The quantitative estimate of drug-likeness (QED) is 0.607. The lowest BCUT2D eigenvalue weighted by molar-refractivity contribution is -0.139. The van der Waals surface area contributed by atoms with Crippen LogP contribution in [0.15, 0.2) is 24.3 Å². The van der Waals surface area contributed by atoms with Crippen molar-refractivity contribution in [3.63, 3.8) is 0 Å². The van der Waals surface area contributed by atoms with Crippen molar-refractivity contribution >= 4 is 12.0 Å². The van der Waals surface area contributed by atoms with Gasteiger partial charge in [-0.3, -0.25) is 0 Å². The van der Waals surface area contributed by atoms with E-state index in [4.69, 9.17) is 10.2 Å². The van der Waals surface area contributed by atoms with Gasteiger partial charge in [-0.25, -0.2) is 9.59 Å². The van der Waals surface area contributed by atoms with Crippen LogP contribution in [-0.2, 0) is 11.3 Å². The summed E-state index contributed by atoms with van der Waals surface area (Å²) in [6.07, 6.45) is -0.0206. The average Bonchev–Trinajstić information content (AvgIpc) is 2.36. The number of rotatable bonds is 6. The van der Waals surface area contributed by atoms with E-state index in [0.717, 1.165) is 11.1 Å². The van der Waals surface area contributed by atoms with Gasteiger partial charge in [-0.05, 0) is 12.5 Å². The molecule has 6 nitrogen and oxygen atoms in total. The van der Waals surface area contributed by atoms with Crippen LogP contribution in [0.4, 0.5) is 4.79 Å². The lowest BCUT2D eigenvalue weighted by Crippen LogP contribution is -2.46. The van der Waals surface area contributed by atoms with Crippen molar-refractivity contribution in [1.82, 2.24) is 10.6 Å². The molecule has 0 spiro atoms. The Morgan fingerprint density at radius 2 is 2.11 bits per heavy atom. The highest BCUT2D eigenvalue weighted by Crippen LogP contribution is 2.03. The molecule has 0 aromatic heterocycles. The Hall–Kier alpha value is -2.08. The Morgan fingerprint density at radius 3 is 2.68 bits per heavy atom. The zero-order chi connectivity index (χ0) is 14.3. The number of urea groups is 1. The molecule has 0 aliphatic rings. The summed E-state index contributed by atoms with van der Waals surface area (Å²) in [5.41, 5.74) is 2.02. The van der Waals surface area contributed by atoms with Crippen molar-refractivity contribution in [1.29, 1.82) is 0 Å². The number of carboxylic acid groups (broad SMARTS) is 1. The SMILES string of the molecule is Cc1cccc(CNC(=O)N[C@H](CCO)C(=O)O)c1. The molecule has 4 N–H and O–H groups in total. The molecule has 1 aromatic rings. The Kier molecular flexibility index (Phi) is 5.81. The zero-order valence-corrected chi connectivity index (χ0v) is 10.7. The predicted octanol–water partition coefficient (Wildman–Crippen LogP) is 0.630. The average molecular weight is 266 g/mol. The number of benzene rings is 1. The smallest absolute Gasteiger partial charge is 0.326 e. The van der Waals surface area contributed by atoms with Crippen molar-refractivity contribution in [2.75, 3.05) is 6.61 Å². The van der Waals surface area contributed by atoms with Crippen LogP contribution in [0.25, 0.3) is 0 Å². The first kappa shape index (κ1) is 15.0. The summed E-state index contributed by atoms with van der Waals surface area (Å²) < 4.78 is 0. The number of carbonyl (C=O) groups excluding carboxylic acids is 1. The molecule has 0 bridgehead atoms. The maximum atomic E-state index is 11.5. The van der Waals surface area contributed by atoms with E-state index >= 15 is 0 Å². The zero-order valence-electron chi connectivity index (χ0n) is 10.7. The summed E-state index contributed by atoms with van der Waals surface area (Å²) in [4.78, 5) is 22.3. The largest absolute Gasteiger partial charge is 0.480 e. The van der Waals surface area contributed by atoms with Gasteiger partial charge in [0.15, 0.2) is 0 Å². The minimum absolute atomic E-state index is 0.0206. The minimum Gasteiger partial charge on any atom is -0.480 e. The van der Waals surface area contributed by atoms with Gasteiger partial charge in [0.2, 0.25) is 0 Å². The van der Waals surface area contributed by atoms with Gasteiger partial charge >= 0.3 is 12.0 Å². The molecule has 2 amide bonds. The Labute approximate surface area is 111 Å². The highest BCUT2D eigenvalue weighted by atomic mass is 16.4. The third-order valence-corrected chi connectivity index (χ3v) is 2.56. The van der Waals surface area contributed by atoms with E-state index in [1.165, 1.54) is 0 Å². The van der Waals surface area contributed by atoms with Crippen LogP contribution in [0.5, 0.6) is 0 Å². The fourth-order valence-electron chi connectivity index (χ4n) is 1.60. The maximum Gasteiger partial charge on any atom is 0.326 e. The van der Waals surface area contributed by atoms with Crippen molar-refractivity contribution in [2.24, 2.45) is 0 Å². The van der Waals surface area contributed by atoms with Crippen molar-refractivity contribution in [3.05, 3.63) is 35.4 Å². The van der Waals surface area contributed by atoms with Crippen LogP contribution in [-0.4, -0.2) is 34.9 Å². The molecule has 104 valence electrons. The van der Waals surface area contributed by atoms with Gasteiger partial charge in [0.25, 0.3) is 0 Å². The second-order valence-corrected chi connectivity index (χ2v) is 4.22. The second-order valence-electron chi connectivity index (χ2n) is 4.22. The van der Waals surface area contributed by atoms with Crippen LogP contribution in [0.1, 0.15) is 17.5 Å². The Bertz CT molecular complexity index is 448. The van der Waals surface area contributed by atoms with Crippen molar-refractivity contribution < 1.29 is 19.8 Å². The molecule has 19 heavy (non-hydrogen) atoms. The summed E-state index contributed by atoms with van der Waals surface area (Å²) in [5, 5.41) is 22.4. The van der Waals surface area contributed by atoms with E-state index in [1.54, 1.807) is 0 Å². The second kappa shape index (κ2) is 7.38. The number of nitrogens with one attached hydrogen (secondary N) is 2. The Morgan fingerprint density at radius 1 is 1.37 bits per heavy atom. The van der Waals surface area contributed by atoms with Crippen LogP contribution in [0.3, 0.4) is 0 Å². The lowest BCUT2D eigenvalue weighted by Gasteiger charge is -2.14.